The fourth-order valence-corrected chi connectivity index (χ4v) is 4.89. The number of pyridine rings is 1. The number of carbonyl (C=O) groups is 2. The van der Waals surface area contributed by atoms with Gasteiger partial charge in [-0.3, -0.25) is 4.98 Å². The highest BCUT2D eigenvalue weighted by atomic mass is 16.7. The molecule has 0 saturated carbocycles. The molecule has 0 N–H and O–H groups in total. The van der Waals surface area contributed by atoms with E-state index in [1.807, 2.05) is 45.2 Å². The van der Waals surface area contributed by atoms with Crippen molar-refractivity contribution >= 4 is 28.8 Å². The molecular formula is C33H38N4O5. The number of benzene rings is 2. The first-order valence-electron chi connectivity index (χ1n) is 14.2. The number of amides is 1. The fourth-order valence-electron chi connectivity index (χ4n) is 4.89. The molecular weight excluding hydrogens is 532 g/mol. The van der Waals surface area contributed by atoms with E-state index < -0.39 is 17.4 Å². The van der Waals surface area contributed by atoms with Gasteiger partial charge < -0.3 is 28.6 Å². The van der Waals surface area contributed by atoms with Crippen LogP contribution < -0.4 is 9.64 Å². The van der Waals surface area contributed by atoms with Crippen LogP contribution in [0.1, 0.15) is 41.5 Å². The maximum atomic E-state index is 12.5. The van der Waals surface area contributed by atoms with Gasteiger partial charge >= 0.3 is 12.2 Å². The van der Waals surface area contributed by atoms with Crippen molar-refractivity contribution in [1.29, 1.82) is 0 Å². The molecule has 2 aromatic carbocycles. The number of hydrogen-bond acceptors (Lipinski definition) is 7. The van der Waals surface area contributed by atoms with E-state index in [0.717, 1.165) is 46.5 Å². The van der Waals surface area contributed by atoms with Crippen molar-refractivity contribution in [3.8, 4) is 22.6 Å². The second kappa shape index (κ2) is 11.4. The standard InChI is InChI=1S/C33H38N4O5/c1-32(2,3)41-30(38)36-19-17-35(18-20-36)25-10-7-24-14-16-37(29(24)21-25)28-13-15-34-22-27(28)23-8-11-26(12-9-23)40-31(39)42-33(4,5)6/h7-16,21-22H,17-20H2,1-6H3. The molecule has 9 heteroatoms. The number of aromatic nitrogens is 2. The largest absolute Gasteiger partial charge is 0.514 e. The van der Waals surface area contributed by atoms with Crippen molar-refractivity contribution in [2.45, 2.75) is 52.7 Å². The number of hydrogen-bond donors (Lipinski definition) is 0. The van der Waals surface area contributed by atoms with Crippen LogP contribution in [0.3, 0.4) is 0 Å². The van der Waals surface area contributed by atoms with Crippen LogP contribution in [0, 0.1) is 0 Å². The molecule has 1 aliphatic heterocycles. The average molecular weight is 571 g/mol. The van der Waals surface area contributed by atoms with E-state index in [0.29, 0.717) is 18.8 Å². The van der Waals surface area contributed by atoms with Crippen LogP contribution in [0.2, 0.25) is 0 Å². The molecule has 0 spiro atoms. The van der Waals surface area contributed by atoms with Gasteiger partial charge in [-0.25, -0.2) is 9.59 Å². The summed E-state index contributed by atoms with van der Waals surface area (Å²) in [5, 5.41) is 1.12. The summed E-state index contributed by atoms with van der Waals surface area (Å²) in [5.74, 6) is 0.404. The number of piperazine rings is 1. The summed E-state index contributed by atoms with van der Waals surface area (Å²) >= 11 is 0. The lowest BCUT2D eigenvalue weighted by molar-refractivity contribution is 0.0202. The van der Waals surface area contributed by atoms with Crippen molar-refractivity contribution in [1.82, 2.24) is 14.5 Å². The predicted molar refractivity (Wildman–Crippen MR) is 163 cm³/mol. The van der Waals surface area contributed by atoms with Crippen LogP contribution in [0.25, 0.3) is 27.7 Å². The van der Waals surface area contributed by atoms with Crippen molar-refractivity contribution < 1.29 is 23.8 Å². The van der Waals surface area contributed by atoms with E-state index >= 15 is 0 Å². The lowest BCUT2D eigenvalue weighted by Gasteiger charge is -2.36. The Kier molecular flexibility index (Phi) is 7.86. The summed E-state index contributed by atoms with van der Waals surface area (Å²) in [6.45, 7) is 13.7. The lowest BCUT2D eigenvalue weighted by Crippen LogP contribution is -2.50. The molecule has 0 aliphatic carbocycles. The van der Waals surface area contributed by atoms with E-state index in [9.17, 15) is 9.59 Å². The number of nitrogens with zero attached hydrogens (tertiary/aromatic N) is 4. The van der Waals surface area contributed by atoms with Crippen molar-refractivity contribution in [2.75, 3.05) is 31.1 Å². The van der Waals surface area contributed by atoms with Crippen LogP contribution in [-0.2, 0) is 9.47 Å². The van der Waals surface area contributed by atoms with Crippen LogP contribution in [0.15, 0.2) is 73.2 Å². The van der Waals surface area contributed by atoms with Gasteiger partial charge in [-0.05, 0) is 83.5 Å². The highest BCUT2D eigenvalue weighted by Gasteiger charge is 2.26. The Balaban J connectivity index is 1.36. The molecule has 1 aliphatic rings. The average Bonchev–Trinajstić information content (AvgIpc) is 3.35. The molecule has 1 fully saturated rings. The van der Waals surface area contributed by atoms with Crippen LogP contribution in [-0.4, -0.2) is 64.1 Å². The summed E-state index contributed by atoms with van der Waals surface area (Å²) in [6, 6.07) is 17.9. The fraction of sp³-hybridized carbons (Fsp3) is 0.364. The van der Waals surface area contributed by atoms with Gasteiger partial charge in [0, 0.05) is 61.4 Å². The molecule has 5 rings (SSSR count). The smallest absolute Gasteiger partial charge is 0.444 e. The molecule has 3 heterocycles. The SMILES string of the molecule is CC(C)(C)OC(=O)Oc1ccc(-c2cnccc2-n2ccc3ccc(N4CCN(C(=O)OC(C)(C)C)CC4)cc32)cc1. The third-order valence-corrected chi connectivity index (χ3v) is 6.79. The van der Waals surface area contributed by atoms with E-state index in [2.05, 4.69) is 44.9 Å². The van der Waals surface area contributed by atoms with Crippen LogP contribution in [0.4, 0.5) is 15.3 Å². The molecule has 0 bridgehead atoms. The molecule has 1 amide bonds. The Labute approximate surface area is 246 Å². The quantitative estimate of drug-likeness (QED) is 0.192. The van der Waals surface area contributed by atoms with Gasteiger partial charge in [0.1, 0.15) is 17.0 Å². The zero-order valence-corrected chi connectivity index (χ0v) is 25.1. The Hall–Kier alpha value is -4.53. The minimum atomic E-state index is -0.738. The number of carbonyl (C=O) groups excluding carboxylic acids is 2. The van der Waals surface area contributed by atoms with Crippen LogP contribution >= 0.6 is 0 Å². The summed E-state index contributed by atoms with van der Waals surface area (Å²) in [7, 11) is 0. The lowest BCUT2D eigenvalue weighted by atomic mass is 10.1. The number of rotatable bonds is 4. The Morgan fingerprint density at radius 3 is 2.17 bits per heavy atom. The summed E-state index contributed by atoms with van der Waals surface area (Å²) < 4.78 is 18.3. The zero-order chi connectivity index (χ0) is 30.1. The molecule has 0 radical (unpaired) electrons. The second-order valence-corrected chi connectivity index (χ2v) is 12.4. The van der Waals surface area contributed by atoms with Crippen LogP contribution in [0.5, 0.6) is 5.75 Å². The first-order valence-corrected chi connectivity index (χ1v) is 14.2. The molecule has 42 heavy (non-hydrogen) atoms. The van der Waals surface area contributed by atoms with Crippen molar-refractivity contribution in [2.24, 2.45) is 0 Å². The zero-order valence-electron chi connectivity index (χ0n) is 25.1. The molecule has 2 aromatic heterocycles. The maximum Gasteiger partial charge on any atom is 0.514 e. The number of ether oxygens (including phenoxy) is 3. The monoisotopic (exact) mass is 570 g/mol. The van der Waals surface area contributed by atoms with E-state index in [-0.39, 0.29) is 6.09 Å². The van der Waals surface area contributed by atoms with Gasteiger partial charge in [-0.1, -0.05) is 18.2 Å². The van der Waals surface area contributed by atoms with E-state index in [4.69, 9.17) is 14.2 Å². The van der Waals surface area contributed by atoms with Gasteiger partial charge in [0.25, 0.3) is 0 Å². The van der Waals surface area contributed by atoms with Gasteiger partial charge in [0.2, 0.25) is 0 Å². The number of anilines is 1. The molecule has 9 nitrogen and oxygen atoms in total. The Morgan fingerprint density at radius 2 is 1.50 bits per heavy atom. The first kappa shape index (κ1) is 29.0. The first-order chi connectivity index (χ1) is 19.9. The molecule has 220 valence electrons. The van der Waals surface area contributed by atoms with Gasteiger partial charge in [0.15, 0.2) is 0 Å². The Morgan fingerprint density at radius 1 is 0.810 bits per heavy atom. The third kappa shape index (κ3) is 6.84. The third-order valence-electron chi connectivity index (χ3n) is 6.79. The summed E-state index contributed by atoms with van der Waals surface area (Å²) in [4.78, 5) is 33.0. The maximum absolute atomic E-state index is 12.5. The van der Waals surface area contributed by atoms with Gasteiger partial charge in [-0.2, -0.15) is 0 Å². The van der Waals surface area contributed by atoms with Gasteiger partial charge in [0.05, 0.1) is 11.2 Å². The summed E-state index contributed by atoms with van der Waals surface area (Å²) in [5.41, 5.74) is 3.89. The number of fused-ring (bicyclic) bond motifs is 1. The summed E-state index contributed by atoms with van der Waals surface area (Å²) in [6.07, 6.45) is 4.68. The molecule has 1 saturated heterocycles. The van der Waals surface area contributed by atoms with E-state index in [1.165, 1.54) is 0 Å². The normalized spacial score (nSPS) is 14.1. The Bertz CT molecular complexity index is 1570. The second-order valence-electron chi connectivity index (χ2n) is 12.4. The highest BCUT2D eigenvalue weighted by Crippen LogP contribution is 2.32. The molecule has 4 aromatic rings. The van der Waals surface area contributed by atoms with E-state index in [1.54, 1.807) is 44.0 Å². The minimum Gasteiger partial charge on any atom is -0.444 e. The highest BCUT2D eigenvalue weighted by molar-refractivity contribution is 5.87. The molecule has 0 unspecified atom stereocenters. The molecule has 0 atom stereocenters. The van der Waals surface area contributed by atoms with Crippen molar-refractivity contribution in [3.63, 3.8) is 0 Å². The minimum absolute atomic E-state index is 0.263. The predicted octanol–water partition coefficient (Wildman–Crippen LogP) is 7.06. The topological polar surface area (TPSA) is 86.1 Å². The van der Waals surface area contributed by atoms with Crippen molar-refractivity contribution in [3.05, 3.63) is 73.2 Å². The van der Waals surface area contributed by atoms with Gasteiger partial charge in [-0.15, -0.1) is 0 Å².